The molecule has 0 fully saturated rings. The molecule has 5 heteroatoms. The summed E-state index contributed by atoms with van der Waals surface area (Å²) in [5.74, 6) is -0.167. The average molecular weight is 317 g/mol. The molecule has 1 N–H and O–H groups in total. The van der Waals surface area contributed by atoms with Gasteiger partial charge in [-0.3, -0.25) is 9.52 Å². The van der Waals surface area contributed by atoms with Gasteiger partial charge < -0.3 is 0 Å². The van der Waals surface area contributed by atoms with Crippen LogP contribution in [0.3, 0.4) is 0 Å². The Labute approximate surface area is 131 Å². The molecule has 0 bridgehead atoms. The van der Waals surface area contributed by atoms with Gasteiger partial charge in [0.15, 0.2) is 5.78 Å². The molecule has 0 atom stereocenters. The van der Waals surface area contributed by atoms with E-state index in [4.69, 9.17) is 0 Å². The van der Waals surface area contributed by atoms with Gasteiger partial charge in [-0.15, -0.1) is 0 Å². The number of rotatable bonds is 4. The molecule has 0 amide bonds. The van der Waals surface area contributed by atoms with Crippen molar-refractivity contribution in [3.05, 3.63) is 58.7 Å². The molecule has 0 heterocycles. The highest BCUT2D eigenvalue weighted by Gasteiger charge is 2.17. The lowest BCUT2D eigenvalue weighted by Crippen LogP contribution is -2.15. The molecule has 0 spiro atoms. The van der Waals surface area contributed by atoms with E-state index in [1.165, 1.54) is 19.1 Å². The summed E-state index contributed by atoms with van der Waals surface area (Å²) in [5, 5.41) is 0. The van der Waals surface area contributed by atoms with Gasteiger partial charge in [-0.2, -0.15) is 0 Å². The predicted octanol–water partition coefficient (Wildman–Crippen LogP) is 3.62. The maximum Gasteiger partial charge on any atom is 0.261 e. The third-order valence-electron chi connectivity index (χ3n) is 3.46. The number of aryl methyl sites for hydroxylation is 3. The monoisotopic (exact) mass is 317 g/mol. The number of hydrogen-bond donors (Lipinski definition) is 1. The number of carbonyl (C=O) groups excluding carboxylic acids is 1. The summed E-state index contributed by atoms with van der Waals surface area (Å²) < 4.78 is 27.7. The molecule has 2 rings (SSSR count). The molecule has 0 radical (unpaired) electrons. The summed E-state index contributed by atoms with van der Waals surface area (Å²) in [4.78, 5) is 11.5. The van der Waals surface area contributed by atoms with E-state index in [0.717, 1.165) is 16.7 Å². The van der Waals surface area contributed by atoms with Crippen LogP contribution in [0.4, 0.5) is 5.69 Å². The highest BCUT2D eigenvalue weighted by molar-refractivity contribution is 7.92. The van der Waals surface area contributed by atoms with Gasteiger partial charge in [0.2, 0.25) is 0 Å². The third kappa shape index (κ3) is 3.36. The average Bonchev–Trinajstić information content (AvgIpc) is 2.43. The molecule has 116 valence electrons. The lowest BCUT2D eigenvalue weighted by atomic mass is 10.1. The van der Waals surface area contributed by atoms with Crippen LogP contribution in [0.25, 0.3) is 0 Å². The van der Waals surface area contributed by atoms with Crippen LogP contribution < -0.4 is 4.72 Å². The van der Waals surface area contributed by atoms with Gasteiger partial charge in [-0.05, 0) is 51.0 Å². The number of ketones is 1. The zero-order chi connectivity index (χ0) is 16.5. The van der Waals surface area contributed by atoms with Crippen molar-refractivity contribution in [3.8, 4) is 0 Å². The van der Waals surface area contributed by atoms with Crippen LogP contribution in [0.15, 0.2) is 41.3 Å². The van der Waals surface area contributed by atoms with E-state index < -0.39 is 10.0 Å². The van der Waals surface area contributed by atoms with E-state index in [2.05, 4.69) is 4.72 Å². The van der Waals surface area contributed by atoms with Crippen molar-refractivity contribution < 1.29 is 13.2 Å². The van der Waals surface area contributed by atoms with Crippen LogP contribution in [-0.4, -0.2) is 14.2 Å². The van der Waals surface area contributed by atoms with Gasteiger partial charge in [-0.1, -0.05) is 29.8 Å². The maximum atomic E-state index is 12.5. The van der Waals surface area contributed by atoms with Crippen molar-refractivity contribution in [3.63, 3.8) is 0 Å². The summed E-state index contributed by atoms with van der Waals surface area (Å²) in [6.07, 6.45) is 0. The highest BCUT2D eigenvalue weighted by Crippen LogP contribution is 2.25. The smallest absolute Gasteiger partial charge is 0.261 e. The van der Waals surface area contributed by atoms with Crippen molar-refractivity contribution in [2.75, 3.05) is 4.72 Å². The number of anilines is 1. The lowest BCUT2D eigenvalue weighted by molar-refractivity contribution is 0.101. The first-order chi connectivity index (χ1) is 10.2. The van der Waals surface area contributed by atoms with Crippen molar-refractivity contribution in [2.24, 2.45) is 0 Å². The molecule has 0 saturated carbocycles. The normalized spacial score (nSPS) is 11.3. The van der Waals surface area contributed by atoms with Crippen LogP contribution in [0, 0.1) is 20.8 Å². The fourth-order valence-corrected chi connectivity index (χ4v) is 3.66. The Morgan fingerprint density at radius 2 is 1.59 bits per heavy atom. The summed E-state index contributed by atoms with van der Waals surface area (Å²) in [6.45, 7) is 7.11. The van der Waals surface area contributed by atoms with Gasteiger partial charge in [0.05, 0.1) is 10.6 Å². The van der Waals surface area contributed by atoms with Crippen LogP contribution in [0.5, 0.6) is 0 Å². The molecule has 0 aliphatic carbocycles. The van der Waals surface area contributed by atoms with E-state index in [1.807, 2.05) is 32.9 Å². The molecular formula is C17H19NO3S. The molecule has 4 nitrogen and oxygen atoms in total. The van der Waals surface area contributed by atoms with Crippen LogP contribution >= 0.6 is 0 Å². The minimum Gasteiger partial charge on any atom is -0.295 e. The zero-order valence-corrected chi connectivity index (χ0v) is 13.9. The lowest BCUT2D eigenvalue weighted by Gasteiger charge is -2.14. The van der Waals surface area contributed by atoms with E-state index in [9.17, 15) is 13.2 Å². The fraction of sp³-hybridized carbons (Fsp3) is 0.235. The van der Waals surface area contributed by atoms with Gasteiger partial charge in [0.25, 0.3) is 10.0 Å². The first-order valence-corrected chi connectivity index (χ1v) is 8.40. The number of Topliss-reactive ketones (excluding diaryl/α,β-unsaturated/α-hetero) is 1. The number of hydrogen-bond acceptors (Lipinski definition) is 3. The second-order valence-electron chi connectivity index (χ2n) is 5.46. The Bertz CT molecular complexity index is 816. The van der Waals surface area contributed by atoms with Crippen LogP contribution in [0.2, 0.25) is 0 Å². The van der Waals surface area contributed by atoms with Crippen molar-refractivity contribution >= 4 is 21.5 Å². The quantitative estimate of drug-likeness (QED) is 0.876. The first-order valence-electron chi connectivity index (χ1n) is 6.92. The number of sulfonamides is 1. The van der Waals surface area contributed by atoms with E-state index >= 15 is 0 Å². The SMILES string of the molecule is CC(=O)c1cccc(S(=O)(=O)Nc2c(C)cc(C)cc2C)c1. The Morgan fingerprint density at radius 1 is 1.00 bits per heavy atom. The molecular weight excluding hydrogens is 298 g/mol. The van der Waals surface area contributed by atoms with E-state index in [-0.39, 0.29) is 10.7 Å². The second-order valence-corrected chi connectivity index (χ2v) is 7.15. The number of nitrogens with one attached hydrogen (secondary N) is 1. The summed E-state index contributed by atoms with van der Waals surface area (Å²) in [5.41, 5.74) is 3.77. The second kappa shape index (κ2) is 5.93. The highest BCUT2D eigenvalue weighted by atomic mass is 32.2. The van der Waals surface area contributed by atoms with Gasteiger partial charge in [0.1, 0.15) is 0 Å². The summed E-state index contributed by atoms with van der Waals surface area (Å²) in [6, 6.07) is 9.90. The van der Waals surface area contributed by atoms with E-state index in [0.29, 0.717) is 11.3 Å². The minimum atomic E-state index is -3.73. The van der Waals surface area contributed by atoms with Crippen molar-refractivity contribution in [1.82, 2.24) is 0 Å². The minimum absolute atomic E-state index is 0.0829. The van der Waals surface area contributed by atoms with Crippen LogP contribution in [0.1, 0.15) is 34.0 Å². The standard InChI is InChI=1S/C17H19NO3S/c1-11-8-12(2)17(13(3)9-11)18-22(20,21)16-7-5-6-15(10-16)14(4)19/h5-10,18H,1-4H3. The zero-order valence-electron chi connectivity index (χ0n) is 13.1. The Balaban J connectivity index is 2.45. The molecule has 2 aromatic carbocycles. The largest absolute Gasteiger partial charge is 0.295 e. The Morgan fingerprint density at radius 3 is 2.14 bits per heavy atom. The van der Waals surface area contributed by atoms with Gasteiger partial charge in [0, 0.05) is 5.56 Å². The maximum absolute atomic E-state index is 12.5. The molecule has 2 aromatic rings. The Hall–Kier alpha value is -2.14. The van der Waals surface area contributed by atoms with Gasteiger partial charge in [-0.25, -0.2) is 8.42 Å². The summed E-state index contributed by atoms with van der Waals surface area (Å²) >= 11 is 0. The molecule has 0 saturated heterocycles. The third-order valence-corrected chi connectivity index (χ3v) is 4.81. The molecule has 0 unspecified atom stereocenters. The Kier molecular flexibility index (Phi) is 4.37. The van der Waals surface area contributed by atoms with Crippen molar-refractivity contribution in [1.29, 1.82) is 0 Å². The van der Waals surface area contributed by atoms with E-state index in [1.54, 1.807) is 12.1 Å². The molecule has 0 aromatic heterocycles. The molecule has 0 aliphatic heterocycles. The van der Waals surface area contributed by atoms with Crippen molar-refractivity contribution in [2.45, 2.75) is 32.6 Å². The number of carbonyl (C=O) groups is 1. The molecule has 22 heavy (non-hydrogen) atoms. The van der Waals surface area contributed by atoms with Gasteiger partial charge >= 0.3 is 0 Å². The summed E-state index contributed by atoms with van der Waals surface area (Å²) in [7, 11) is -3.73. The first kappa shape index (κ1) is 16.2. The predicted molar refractivity (Wildman–Crippen MR) is 87.9 cm³/mol. The topological polar surface area (TPSA) is 63.2 Å². The molecule has 0 aliphatic rings. The van der Waals surface area contributed by atoms with Crippen LogP contribution in [-0.2, 0) is 10.0 Å². The fourth-order valence-electron chi connectivity index (χ4n) is 2.42. The number of benzene rings is 2.